The molecule has 2 amide bonds. The maximum Gasteiger partial charge on any atom is 0.319 e. The van der Waals surface area contributed by atoms with Crippen LogP contribution in [0, 0.1) is 5.82 Å². The maximum atomic E-state index is 14.7. The number of halogens is 1. The van der Waals surface area contributed by atoms with E-state index in [0.717, 1.165) is 45.7 Å². The molecule has 4 N–H and O–H groups in total. The van der Waals surface area contributed by atoms with Gasteiger partial charge in [0.05, 0.1) is 24.4 Å². The Kier molecular flexibility index (Phi) is 7.83. The number of carbonyl (C=O) groups excluding carboxylic acids is 1. The van der Waals surface area contributed by atoms with Crippen molar-refractivity contribution in [3.63, 3.8) is 0 Å². The van der Waals surface area contributed by atoms with Crippen LogP contribution < -0.4 is 30.6 Å². The number of fused-ring (bicyclic) bond motifs is 1. The van der Waals surface area contributed by atoms with Crippen molar-refractivity contribution in [1.82, 2.24) is 15.2 Å². The normalized spacial score (nSPS) is 15.8. The zero-order valence-corrected chi connectivity index (χ0v) is 20.4. The van der Waals surface area contributed by atoms with E-state index in [1.165, 1.54) is 12.1 Å². The summed E-state index contributed by atoms with van der Waals surface area (Å²) in [5.74, 6) is 1.11. The first-order chi connectivity index (χ1) is 18.1. The van der Waals surface area contributed by atoms with Gasteiger partial charge in [-0.05, 0) is 37.1 Å². The fraction of sp³-hybridized carbons (Fsp3) is 0.385. The van der Waals surface area contributed by atoms with Gasteiger partial charge in [0.15, 0.2) is 11.5 Å². The Bertz CT molecular complexity index is 1250. The third-order valence-corrected chi connectivity index (χ3v) is 6.10. The minimum absolute atomic E-state index is 0.0320. The van der Waals surface area contributed by atoms with Crippen LogP contribution in [0.5, 0.6) is 23.0 Å². The summed E-state index contributed by atoms with van der Waals surface area (Å²) in [5, 5.41) is 5.94. The molecule has 10 nitrogen and oxygen atoms in total. The Balaban J connectivity index is 1.30. The zero-order chi connectivity index (χ0) is 25.6. The van der Waals surface area contributed by atoms with Crippen LogP contribution in [-0.2, 0) is 4.74 Å². The van der Waals surface area contributed by atoms with Crippen molar-refractivity contribution in [2.45, 2.75) is 18.9 Å². The molecule has 2 heterocycles. The number of benzene rings is 2. The van der Waals surface area contributed by atoms with Gasteiger partial charge in [-0.3, -0.25) is 15.6 Å². The molecule has 5 rings (SSSR count). The number of pyridine rings is 1. The molecule has 2 aromatic carbocycles. The Labute approximate surface area is 213 Å². The van der Waals surface area contributed by atoms with E-state index < -0.39 is 11.8 Å². The number of anilines is 1. The number of hydrogen-bond donors (Lipinski definition) is 3. The number of nitrogens with zero attached hydrogens (tertiary/aromatic N) is 2. The average Bonchev–Trinajstić information content (AvgIpc) is 3.71. The highest BCUT2D eigenvalue weighted by molar-refractivity contribution is 5.90. The highest BCUT2D eigenvalue weighted by Gasteiger charge is 2.23. The molecule has 1 aliphatic heterocycles. The molecule has 37 heavy (non-hydrogen) atoms. The van der Waals surface area contributed by atoms with Crippen molar-refractivity contribution in [3.05, 3.63) is 48.4 Å². The van der Waals surface area contributed by atoms with Crippen LogP contribution in [0.15, 0.2) is 42.6 Å². The molecule has 2 aliphatic rings. The maximum absolute atomic E-state index is 14.7. The van der Waals surface area contributed by atoms with Crippen LogP contribution in [0.3, 0.4) is 0 Å². The Hall–Kier alpha value is -3.67. The molecule has 1 saturated carbocycles. The molecule has 0 bridgehead atoms. The lowest BCUT2D eigenvalue weighted by Gasteiger charge is -2.26. The Morgan fingerprint density at radius 2 is 1.92 bits per heavy atom. The smallest absolute Gasteiger partial charge is 0.319 e. The van der Waals surface area contributed by atoms with Crippen LogP contribution in [0.2, 0.25) is 0 Å². The molecule has 1 saturated heterocycles. The van der Waals surface area contributed by atoms with Gasteiger partial charge in [0.25, 0.3) is 0 Å². The van der Waals surface area contributed by atoms with Crippen LogP contribution in [0.4, 0.5) is 14.9 Å². The standard InChI is InChI=1S/C26H30FN5O5/c27-20-13-18(3-4-21(20)31-26(33)30-17-1-2-17)37-23-5-6-29-22-15-25(24(36-16-28)14-19(22)23)35-12-9-32-7-10-34-11-8-32/h3-6,13-15,17H,1-2,7-12,16,28H2,(H2,30,31,33). The largest absolute Gasteiger partial charge is 0.488 e. The summed E-state index contributed by atoms with van der Waals surface area (Å²) in [4.78, 5) is 18.6. The molecule has 11 heteroatoms. The summed E-state index contributed by atoms with van der Waals surface area (Å²) < 4.78 is 37.7. The summed E-state index contributed by atoms with van der Waals surface area (Å²) in [6, 6.07) is 9.23. The van der Waals surface area contributed by atoms with Gasteiger partial charge < -0.3 is 29.6 Å². The fourth-order valence-corrected chi connectivity index (χ4v) is 4.00. The number of nitrogens with two attached hydrogens (primary N) is 1. The minimum atomic E-state index is -0.607. The SMILES string of the molecule is NCOc1cc2c(Oc3ccc(NC(=O)NC4CC4)c(F)c3)ccnc2cc1OCCN1CCOCC1. The highest BCUT2D eigenvalue weighted by Crippen LogP contribution is 2.37. The van der Waals surface area contributed by atoms with Crippen LogP contribution in [-0.4, -0.2) is 68.1 Å². The van der Waals surface area contributed by atoms with E-state index in [1.54, 1.807) is 30.5 Å². The summed E-state index contributed by atoms with van der Waals surface area (Å²) in [5.41, 5.74) is 6.35. The first-order valence-electron chi connectivity index (χ1n) is 12.3. The first kappa shape index (κ1) is 25.0. The summed E-state index contributed by atoms with van der Waals surface area (Å²) >= 11 is 0. The topological polar surface area (TPSA) is 120 Å². The summed E-state index contributed by atoms with van der Waals surface area (Å²) in [7, 11) is 0. The van der Waals surface area contributed by atoms with Crippen LogP contribution in [0.25, 0.3) is 10.9 Å². The van der Waals surface area contributed by atoms with E-state index in [0.29, 0.717) is 34.8 Å². The molecule has 2 fully saturated rings. The van der Waals surface area contributed by atoms with E-state index >= 15 is 0 Å². The lowest BCUT2D eigenvalue weighted by Crippen LogP contribution is -2.38. The first-order valence-corrected chi connectivity index (χ1v) is 12.3. The van der Waals surface area contributed by atoms with E-state index in [2.05, 4.69) is 20.5 Å². The van der Waals surface area contributed by atoms with Crippen LogP contribution >= 0.6 is 0 Å². The fourth-order valence-electron chi connectivity index (χ4n) is 4.00. The van der Waals surface area contributed by atoms with E-state index in [1.807, 2.05) is 0 Å². The van der Waals surface area contributed by atoms with Crippen molar-refractivity contribution in [3.8, 4) is 23.0 Å². The number of urea groups is 1. The Morgan fingerprint density at radius 1 is 1.11 bits per heavy atom. The molecule has 0 unspecified atom stereocenters. The van der Waals surface area contributed by atoms with Crippen molar-refractivity contribution < 1.29 is 28.1 Å². The molecular weight excluding hydrogens is 481 g/mol. The van der Waals surface area contributed by atoms with Gasteiger partial charge in [-0.25, -0.2) is 9.18 Å². The quantitative estimate of drug-likeness (QED) is 0.354. The van der Waals surface area contributed by atoms with Crippen molar-refractivity contribution in [2.24, 2.45) is 5.73 Å². The molecule has 0 atom stereocenters. The zero-order valence-electron chi connectivity index (χ0n) is 20.4. The number of rotatable bonds is 10. The number of hydrogen-bond acceptors (Lipinski definition) is 8. The Morgan fingerprint density at radius 3 is 2.68 bits per heavy atom. The molecule has 0 radical (unpaired) electrons. The number of amides is 2. The highest BCUT2D eigenvalue weighted by atomic mass is 19.1. The molecule has 1 aromatic heterocycles. The van der Waals surface area contributed by atoms with Gasteiger partial charge in [-0.2, -0.15) is 0 Å². The van der Waals surface area contributed by atoms with Gasteiger partial charge >= 0.3 is 6.03 Å². The minimum Gasteiger partial charge on any atom is -0.488 e. The van der Waals surface area contributed by atoms with Crippen molar-refractivity contribution in [2.75, 3.05) is 51.5 Å². The van der Waals surface area contributed by atoms with Gasteiger partial charge in [0, 0.05) is 49.4 Å². The lowest BCUT2D eigenvalue weighted by molar-refractivity contribution is 0.0321. The molecular formula is C26H30FN5O5. The molecule has 196 valence electrons. The van der Waals surface area contributed by atoms with Gasteiger partial charge in [-0.1, -0.05) is 0 Å². The van der Waals surface area contributed by atoms with E-state index in [4.69, 9.17) is 24.7 Å². The second-order valence-corrected chi connectivity index (χ2v) is 8.86. The molecule has 0 spiro atoms. The second-order valence-electron chi connectivity index (χ2n) is 8.86. The van der Waals surface area contributed by atoms with E-state index in [-0.39, 0.29) is 24.2 Å². The summed E-state index contributed by atoms with van der Waals surface area (Å²) in [6.07, 6.45) is 3.50. The lowest BCUT2D eigenvalue weighted by atomic mass is 10.1. The number of carbonyl (C=O) groups is 1. The number of morpholine rings is 1. The van der Waals surface area contributed by atoms with Gasteiger partial charge in [0.1, 0.15) is 30.7 Å². The predicted molar refractivity (Wildman–Crippen MR) is 136 cm³/mol. The number of nitrogens with one attached hydrogen (secondary N) is 2. The predicted octanol–water partition coefficient (Wildman–Crippen LogP) is 3.46. The van der Waals surface area contributed by atoms with Crippen molar-refractivity contribution >= 4 is 22.6 Å². The second kappa shape index (κ2) is 11.6. The monoisotopic (exact) mass is 511 g/mol. The average molecular weight is 512 g/mol. The molecule has 3 aromatic rings. The van der Waals surface area contributed by atoms with Gasteiger partial charge in [0.2, 0.25) is 0 Å². The van der Waals surface area contributed by atoms with E-state index in [9.17, 15) is 9.18 Å². The third kappa shape index (κ3) is 6.56. The number of aromatic nitrogens is 1. The summed E-state index contributed by atoms with van der Waals surface area (Å²) in [6.45, 7) is 4.41. The third-order valence-electron chi connectivity index (χ3n) is 6.10. The van der Waals surface area contributed by atoms with Crippen LogP contribution in [0.1, 0.15) is 12.8 Å². The van der Waals surface area contributed by atoms with Crippen molar-refractivity contribution in [1.29, 1.82) is 0 Å². The van der Waals surface area contributed by atoms with Gasteiger partial charge in [-0.15, -0.1) is 0 Å². The molecule has 1 aliphatic carbocycles. The number of ether oxygens (including phenoxy) is 4.